The van der Waals surface area contributed by atoms with Crippen LogP contribution in [0.2, 0.25) is 0 Å². The Morgan fingerprint density at radius 1 is 0.900 bits per heavy atom. The Morgan fingerprint density at radius 3 is 2.43 bits per heavy atom. The molecule has 5 rings (SSSR count). The molecule has 1 aliphatic rings. The molecule has 4 nitrogen and oxygen atoms in total. The number of hydrogen-bond acceptors (Lipinski definition) is 4. The highest BCUT2D eigenvalue weighted by Gasteiger charge is 2.26. The van der Waals surface area contributed by atoms with E-state index in [4.69, 9.17) is 9.72 Å². The summed E-state index contributed by atoms with van der Waals surface area (Å²) in [6, 6.07) is 25.3. The van der Waals surface area contributed by atoms with Crippen molar-refractivity contribution < 1.29 is 9.53 Å². The molecule has 0 aliphatic carbocycles. The van der Waals surface area contributed by atoms with E-state index in [1.807, 2.05) is 65.6 Å². The topological polar surface area (TPSA) is 42.4 Å². The molecule has 1 amide bonds. The number of amides is 1. The largest absolute Gasteiger partial charge is 0.457 e. The zero-order chi connectivity index (χ0) is 20.3. The number of nitrogens with zero attached hydrogens (tertiary/aromatic N) is 2. The maximum absolute atomic E-state index is 13.0. The van der Waals surface area contributed by atoms with Gasteiger partial charge >= 0.3 is 0 Å². The van der Waals surface area contributed by atoms with Crippen LogP contribution in [0.1, 0.15) is 34.1 Å². The van der Waals surface area contributed by atoms with Crippen LogP contribution in [0.15, 0.2) is 78.9 Å². The van der Waals surface area contributed by atoms with Gasteiger partial charge in [0.15, 0.2) is 0 Å². The number of piperidine rings is 1. The number of para-hydroxylation sites is 2. The molecule has 1 fully saturated rings. The van der Waals surface area contributed by atoms with E-state index in [0.29, 0.717) is 17.2 Å². The number of carbonyl (C=O) groups is 1. The molecule has 3 aromatic carbocycles. The van der Waals surface area contributed by atoms with Gasteiger partial charge in [0.25, 0.3) is 5.91 Å². The van der Waals surface area contributed by atoms with Gasteiger partial charge in [0, 0.05) is 24.6 Å². The highest BCUT2D eigenvalue weighted by atomic mass is 32.1. The summed E-state index contributed by atoms with van der Waals surface area (Å²) < 4.78 is 7.12. The Kier molecular flexibility index (Phi) is 5.20. The average molecular weight is 415 g/mol. The van der Waals surface area contributed by atoms with Crippen molar-refractivity contribution in [3.63, 3.8) is 0 Å². The zero-order valence-corrected chi connectivity index (χ0v) is 17.3. The summed E-state index contributed by atoms with van der Waals surface area (Å²) in [6.07, 6.45) is 1.90. The van der Waals surface area contributed by atoms with Crippen molar-refractivity contribution >= 4 is 27.5 Å². The fraction of sp³-hybridized carbons (Fsp3) is 0.200. The smallest absolute Gasteiger partial charge is 0.253 e. The summed E-state index contributed by atoms with van der Waals surface area (Å²) in [4.78, 5) is 19.8. The lowest BCUT2D eigenvalue weighted by Crippen LogP contribution is -2.37. The minimum absolute atomic E-state index is 0.0660. The van der Waals surface area contributed by atoms with Crippen molar-refractivity contribution in [2.24, 2.45) is 0 Å². The molecular formula is C25H22N2O2S. The maximum atomic E-state index is 13.0. The Hall–Kier alpha value is -3.18. The third-order valence-corrected chi connectivity index (χ3v) is 6.70. The van der Waals surface area contributed by atoms with Gasteiger partial charge in [0.05, 0.1) is 15.2 Å². The molecule has 1 saturated heterocycles. The second-order valence-electron chi connectivity index (χ2n) is 7.53. The number of benzene rings is 3. The molecule has 4 aromatic rings. The number of fused-ring (bicyclic) bond motifs is 1. The first kappa shape index (κ1) is 18.8. The molecule has 1 aliphatic heterocycles. The molecule has 30 heavy (non-hydrogen) atoms. The summed E-state index contributed by atoms with van der Waals surface area (Å²) in [6.45, 7) is 1.51. The van der Waals surface area contributed by atoms with Crippen molar-refractivity contribution in [2.75, 3.05) is 13.1 Å². The predicted octanol–water partition coefficient (Wildman–Crippen LogP) is 6.11. The highest BCUT2D eigenvalue weighted by Crippen LogP contribution is 2.34. The fourth-order valence-electron chi connectivity index (χ4n) is 3.89. The van der Waals surface area contributed by atoms with Crippen LogP contribution in [0, 0.1) is 0 Å². The Morgan fingerprint density at radius 2 is 1.63 bits per heavy atom. The molecule has 5 heteroatoms. The zero-order valence-electron chi connectivity index (χ0n) is 16.5. The standard InChI is InChI=1S/C25H22N2O2S/c28-25(19-7-6-10-21(17-19)29-20-8-2-1-3-9-20)27-15-13-18(14-16-27)24-26-22-11-4-5-12-23(22)30-24/h1-12,17-18H,13-16H2. The van der Waals surface area contributed by atoms with Gasteiger partial charge in [-0.1, -0.05) is 36.4 Å². The lowest BCUT2D eigenvalue weighted by atomic mass is 9.97. The number of thiazole rings is 1. The number of ether oxygens (including phenoxy) is 1. The monoisotopic (exact) mass is 414 g/mol. The van der Waals surface area contributed by atoms with Gasteiger partial charge in [0.2, 0.25) is 0 Å². The molecular weight excluding hydrogens is 392 g/mol. The summed E-state index contributed by atoms with van der Waals surface area (Å²) in [5, 5.41) is 1.20. The molecule has 0 spiro atoms. The normalized spacial score (nSPS) is 14.7. The van der Waals surface area contributed by atoms with Gasteiger partial charge in [-0.15, -0.1) is 11.3 Å². The molecule has 150 valence electrons. The van der Waals surface area contributed by atoms with Crippen LogP contribution < -0.4 is 4.74 Å². The third-order valence-electron chi connectivity index (χ3n) is 5.50. The van der Waals surface area contributed by atoms with Crippen LogP contribution in [0.5, 0.6) is 11.5 Å². The van der Waals surface area contributed by atoms with E-state index in [0.717, 1.165) is 37.2 Å². The summed E-state index contributed by atoms with van der Waals surface area (Å²) in [5.41, 5.74) is 1.74. The second kappa shape index (κ2) is 8.28. The minimum atomic E-state index is 0.0660. The van der Waals surface area contributed by atoms with E-state index in [9.17, 15) is 4.79 Å². The predicted molar refractivity (Wildman–Crippen MR) is 120 cm³/mol. The van der Waals surface area contributed by atoms with Crippen LogP contribution in [-0.2, 0) is 0 Å². The van der Waals surface area contributed by atoms with E-state index in [1.165, 1.54) is 9.71 Å². The van der Waals surface area contributed by atoms with Crippen LogP contribution in [0.25, 0.3) is 10.2 Å². The molecule has 0 saturated carbocycles. The van der Waals surface area contributed by atoms with Gasteiger partial charge in [-0.3, -0.25) is 4.79 Å². The van der Waals surface area contributed by atoms with Gasteiger partial charge in [0.1, 0.15) is 11.5 Å². The lowest BCUT2D eigenvalue weighted by Gasteiger charge is -2.31. The van der Waals surface area contributed by atoms with E-state index >= 15 is 0 Å². The number of hydrogen-bond donors (Lipinski definition) is 0. The van der Waals surface area contributed by atoms with E-state index in [2.05, 4.69) is 18.2 Å². The molecule has 0 radical (unpaired) electrons. The fourth-order valence-corrected chi connectivity index (χ4v) is 5.03. The van der Waals surface area contributed by atoms with Gasteiger partial charge in [-0.25, -0.2) is 4.98 Å². The molecule has 0 unspecified atom stereocenters. The second-order valence-corrected chi connectivity index (χ2v) is 8.59. The summed E-state index contributed by atoms with van der Waals surface area (Å²) >= 11 is 1.78. The number of rotatable bonds is 4. The van der Waals surface area contributed by atoms with Crippen molar-refractivity contribution in [2.45, 2.75) is 18.8 Å². The Balaban J connectivity index is 1.25. The lowest BCUT2D eigenvalue weighted by molar-refractivity contribution is 0.0712. The van der Waals surface area contributed by atoms with Crippen LogP contribution in [0.3, 0.4) is 0 Å². The van der Waals surface area contributed by atoms with Crippen molar-refractivity contribution in [1.29, 1.82) is 0 Å². The number of aromatic nitrogens is 1. The molecule has 0 bridgehead atoms. The van der Waals surface area contributed by atoms with Crippen molar-refractivity contribution in [3.8, 4) is 11.5 Å². The van der Waals surface area contributed by atoms with E-state index in [-0.39, 0.29) is 5.91 Å². The minimum Gasteiger partial charge on any atom is -0.457 e. The highest BCUT2D eigenvalue weighted by molar-refractivity contribution is 7.18. The Labute approximate surface area is 179 Å². The van der Waals surface area contributed by atoms with Crippen LogP contribution in [0.4, 0.5) is 0 Å². The first-order valence-electron chi connectivity index (χ1n) is 10.2. The summed E-state index contributed by atoms with van der Waals surface area (Å²) in [7, 11) is 0. The molecule has 2 heterocycles. The maximum Gasteiger partial charge on any atom is 0.253 e. The van der Waals surface area contributed by atoms with Crippen LogP contribution >= 0.6 is 11.3 Å². The average Bonchev–Trinajstić information content (AvgIpc) is 3.24. The van der Waals surface area contributed by atoms with E-state index < -0.39 is 0 Å². The van der Waals surface area contributed by atoms with Crippen molar-refractivity contribution in [1.82, 2.24) is 9.88 Å². The number of likely N-dealkylation sites (tertiary alicyclic amines) is 1. The summed E-state index contributed by atoms with van der Waals surface area (Å²) in [5.74, 6) is 1.94. The SMILES string of the molecule is O=C(c1cccc(Oc2ccccc2)c1)N1CCC(c2nc3ccccc3s2)CC1. The van der Waals surface area contributed by atoms with E-state index in [1.54, 1.807) is 11.3 Å². The van der Waals surface area contributed by atoms with Gasteiger partial charge < -0.3 is 9.64 Å². The Bertz CT molecular complexity index is 1130. The molecule has 1 aromatic heterocycles. The number of carbonyl (C=O) groups excluding carboxylic acids is 1. The van der Waals surface area contributed by atoms with Gasteiger partial charge in [-0.2, -0.15) is 0 Å². The molecule has 0 atom stereocenters. The molecule has 0 N–H and O–H groups in total. The van der Waals surface area contributed by atoms with Crippen molar-refractivity contribution in [3.05, 3.63) is 89.4 Å². The third kappa shape index (κ3) is 3.94. The van der Waals surface area contributed by atoms with Crippen LogP contribution in [-0.4, -0.2) is 28.9 Å². The first-order chi connectivity index (χ1) is 14.8. The van der Waals surface area contributed by atoms with Gasteiger partial charge in [-0.05, 0) is 55.3 Å². The quantitative estimate of drug-likeness (QED) is 0.405. The first-order valence-corrected chi connectivity index (χ1v) is 11.1.